The summed E-state index contributed by atoms with van der Waals surface area (Å²) in [5.41, 5.74) is 2.83. The van der Waals surface area contributed by atoms with Crippen LogP contribution >= 0.6 is 0 Å². The van der Waals surface area contributed by atoms with E-state index in [2.05, 4.69) is 35.9 Å². The normalized spacial score (nSPS) is 15.3. The lowest BCUT2D eigenvalue weighted by atomic mass is 10.1. The summed E-state index contributed by atoms with van der Waals surface area (Å²) in [6.07, 6.45) is 1.24. The van der Waals surface area contributed by atoms with Gasteiger partial charge in [-0.15, -0.1) is 0 Å². The Labute approximate surface area is 178 Å². The number of piperazine rings is 1. The van der Waals surface area contributed by atoms with Gasteiger partial charge in [-0.25, -0.2) is 0 Å². The van der Waals surface area contributed by atoms with Crippen LogP contribution in [0.1, 0.15) is 34.5 Å². The molecule has 0 bridgehead atoms. The Balaban J connectivity index is 1.54. The molecule has 0 aliphatic carbocycles. The minimum absolute atomic E-state index is 0.0466. The number of nitrogens with zero attached hydrogens (tertiary/aromatic N) is 2. The smallest absolute Gasteiger partial charge is 0.253 e. The van der Waals surface area contributed by atoms with E-state index in [0.717, 1.165) is 24.4 Å². The van der Waals surface area contributed by atoms with E-state index in [1.54, 1.807) is 7.11 Å². The first-order valence-electron chi connectivity index (χ1n) is 10.2. The Morgan fingerprint density at radius 1 is 1.13 bits per heavy atom. The van der Waals surface area contributed by atoms with Crippen LogP contribution in [0.25, 0.3) is 0 Å². The highest BCUT2D eigenvalue weighted by molar-refractivity contribution is 5.94. The third kappa shape index (κ3) is 5.27. The summed E-state index contributed by atoms with van der Waals surface area (Å²) < 4.78 is 5.33. The Hall–Kier alpha value is -3.12. The highest BCUT2D eigenvalue weighted by Crippen LogP contribution is 2.25. The number of hydrogen-bond acceptors (Lipinski definition) is 4. The molecule has 1 saturated heterocycles. The molecule has 2 amide bonds. The SMILES string of the molecule is C=CC(=O)NCc1ccc(C(=O)N2CCN([C@@H](C)c3cccc(OC)c3)CC2)cc1. The predicted molar refractivity (Wildman–Crippen MR) is 117 cm³/mol. The molecule has 1 N–H and O–H groups in total. The van der Waals surface area contributed by atoms with Gasteiger partial charge in [0.2, 0.25) is 5.91 Å². The van der Waals surface area contributed by atoms with Crippen LogP contribution in [0.4, 0.5) is 0 Å². The maximum Gasteiger partial charge on any atom is 0.253 e. The van der Waals surface area contributed by atoms with Crippen molar-refractivity contribution < 1.29 is 14.3 Å². The lowest BCUT2D eigenvalue weighted by Gasteiger charge is -2.38. The zero-order valence-corrected chi connectivity index (χ0v) is 17.6. The molecule has 6 heteroatoms. The number of ether oxygens (including phenoxy) is 1. The number of nitrogens with one attached hydrogen (secondary N) is 1. The number of carbonyl (C=O) groups excluding carboxylic acids is 2. The fourth-order valence-electron chi connectivity index (χ4n) is 3.63. The topological polar surface area (TPSA) is 61.9 Å². The first-order valence-corrected chi connectivity index (χ1v) is 10.2. The van der Waals surface area contributed by atoms with Gasteiger partial charge >= 0.3 is 0 Å². The maximum atomic E-state index is 12.9. The monoisotopic (exact) mass is 407 g/mol. The lowest BCUT2D eigenvalue weighted by Crippen LogP contribution is -2.49. The Kier molecular flexibility index (Phi) is 7.25. The molecule has 158 valence electrons. The van der Waals surface area contributed by atoms with Crippen LogP contribution < -0.4 is 10.1 Å². The molecule has 1 aliphatic heterocycles. The standard InChI is InChI=1S/C24H29N3O3/c1-4-23(28)25-17-19-8-10-20(11-9-19)24(29)27-14-12-26(13-15-27)18(2)21-6-5-7-22(16-21)30-3/h4-11,16,18H,1,12-15,17H2,2-3H3,(H,25,28)/t18-/m0/s1. The van der Waals surface area contributed by atoms with Gasteiger partial charge in [-0.1, -0.05) is 30.8 Å². The number of carbonyl (C=O) groups is 2. The van der Waals surface area contributed by atoms with Crippen molar-refractivity contribution in [1.82, 2.24) is 15.1 Å². The van der Waals surface area contributed by atoms with Crippen molar-refractivity contribution in [3.05, 3.63) is 77.9 Å². The van der Waals surface area contributed by atoms with Gasteiger partial charge in [-0.2, -0.15) is 0 Å². The molecule has 1 aliphatic rings. The van der Waals surface area contributed by atoms with E-state index in [4.69, 9.17) is 4.74 Å². The van der Waals surface area contributed by atoms with E-state index in [0.29, 0.717) is 25.2 Å². The third-order valence-corrected chi connectivity index (χ3v) is 5.58. The molecule has 0 radical (unpaired) electrons. The summed E-state index contributed by atoms with van der Waals surface area (Å²) in [6.45, 7) is 9.09. The van der Waals surface area contributed by atoms with Gasteiger partial charge in [0, 0.05) is 44.3 Å². The largest absolute Gasteiger partial charge is 0.497 e. The summed E-state index contributed by atoms with van der Waals surface area (Å²) in [6, 6.07) is 15.8. The van der Waals surface area contributed by atoms with E-state index >= 15 is 0 Å². The van der Waals surface area contributed by atoms with Crippen LogP contribution in [0.3, 0.4) is 0 Å². The van der Waals surface area contributed by atoms with Crippen LogP contribution in [-0.2, 0) is 11.3 Å². The van der Waals surface area contributed by atoms with Crippen LogP contribution in [0, 0.1) is 0 Å². The van der Waals surface area contributed by atoms with Crippen LogP contribution in [0.2, 0.25) is 0 Å². The average molecular weight is 408 g/mol. The molecule has 0 aromatic heterocycles. The van der Waals surface area contributed by atoms with E-state index in [1.165, 1.54) is 11.6 Å². The lowest BCUT2D eigenvalue weighted by molar-refractivity contribution is -0.116. The van der Waals surface area contributed by atoms with Gasteiger partial charge in [0.15, 0.2) is 0 Å². The van der Waals surface area contributed by atoms with Crippen LogP contribution in [-0.4, -0.2) is 54.9 Å². The van der Waals surface area contributed by atoms with Gasteiger partial charge in [-0.3, -0.25) is 14.5 Å². The minimum Gasteiger partial charge on any atom is -0.497 e. The molecule has 0 spiro atoms. The Morgan fingerprint density at radius 3 is 2.47 bits per heavy atom. The zero-order valence-electron chi connectivity index (χ0n) is 17.6. The third-order valence-electron chi connectivity index (χ3n) is 5.58. The van der Waals surface area contributed by atoms with Crippen molar-refractivity contribution in [1.29, 1.82) is 0 Å². The molecule has 0 unspecified atom stereocenters. The first-order chi connectivity index (χ1) is 14.5. The van der Waals surface area contributed by atoms with Crippen molar-refractivity contribution in [3.8, 4) is 5.75 Å². The molecular weight excluding hydrogens is 378 g/mol. The Bertz CT molecular complexity index is 887. The Morgan fingerprint density at radius 2 is 1.83 bits per heavy atom. The van der Waals surface area contributed by atoms with Crippen molar-refractivity contribution in [2.45, 2.75) is 19.5 Å². The van der Waals surface area contributed by atoms with Crippen molar-refractivity contribution in [2.24, 2.45) is 0 Å². The second-order valence-electron chi connectivity index (χ2n) is 7.40. The maximum absolute atomic E-state index is 12.9. The summed E-state index contributed by atoms with van der Waals surface area (Å²) in [5.74, 6) is 0.697. The van der Waals surface area contributed by atoms with E-state index in [1.807, 2.05) is 41.3 Å². The minimum atomic E-state index is -0.212. The van der Waals surface area contributed by atoms with Crippen molar-refractivity contribution >= 4 is 11.8 Å². The number of benzene rings is 2. The number of methoxy groups -OCH3 is 1. The second kappa shape index (κ2) is 10.1. The molecular formula is C24H29N3O3. The van der Waals surface area contributed by atoms with E-state index < -0.39 is 0 Å². The van der Waals surface area contributed by atoms with Gasteiger partial charge in [-0.05, 0) is 48.4 Å². The number of rotatable bonds is 7. The van der Waals surface area contributed by atoms with Gasteiger partial charge in [0.1, 0.15) is 5.75 Å². The van der Waals surface area contributed by atoms with Crippen molar-refractivity contribution in [2.75, 3.05) is 33.3 Å². The molecule has 0 saturated carbocycles. The summed E-state index contributed by atoms with van der Waals surface area (Å²) >= 11 is 0. The summed E-state index contributed by atoms with van der Waals surface area (Å²) in [7, 11) is 1.68. The highest BCUT2D eigenvalue weighted by Gasteiger charge is 2.25. The van der Waals surface area contributed by atoms with Crippen LogP contribution in [0.15, 0.2) is 61.2 Å². The number of amides is 2. The van der Waals surface area contributed by atoms with Gasteiger partial charge in [0.25, 0.3) is 5.91 Å². The fourth-order valence-corrected chi connectivity index (χ4v) is 3.63. The molecule has 2 aromatic rings. The molecule has 2 aromatic carbocycles. The predicted octanol–water partition coefficient (Wildman–Crippen LogP) is 3.02. The first kappa shape index (κ1) is 21.6. The summed E-state index contributed by atoms with van der Waals surface area (Å²) in [4.78, 5) is 28.4. The average Bonchev–Trinajstić information content (AvgIpc) is 2.82. The van der Waals surface area contributed by atoms with Gasteiger partial charge < -0.3 is 15.0 Å². The molecule has 1 fully saturated rings. The quantitative estimate of drug-likeness (QED) is 0.717. The molecule has 3 rings (SSSR count). The van der Waals surface area contributed by atoms with Gasteiger partial charge in [0.05, 0.1) is 7.11 Å². The molecule has 1 atom stereocenters. The zero-order chi connectivity index (χ0) is 21.5. The second-order valence-corrected chi connectivity index (χ2v) is 7.40. The van der Waals surface area contributed by atoms with E-state index in [-0.39, 0.29) is 17.9 Å². The number of hydrogen-bond donors (Lipinski definition) is 1. The van der Waals surface area contributed by atoms with Crippen molar-refractivity contribution in [3.63, 3.8) is 0 Å². The molecule has 30 heavy (non-hydrogen) atoms. The molecule has 1 heterocycles. The van der Waals surface area contributed by atoms with E-state index in [9.17, 15) is 9.59 Å². The molecule has 6 nitrogen and oxygen atoms in total. The highest BCUT2D eigenvalue weighted by atomic mass is 16.5. The summed E-state index contributed by atoms with van der Waals surface area (Å²) in [5, 5.41) is 2.73. The fraction of sp³-hybridized carbons (Fsp3) is 0.333. The van der Waals surface area contributed by atoms with Crippen LogP contribution in [0.5, 0.6) is 5.75 Å².